The van der Waals surface area contributed by atoms with Crippen LogP contribution in [-0.4, -0.2) is 16.5 Å². The smallest absolute Gasteiger partial charge is 0.268 e. The largest absolute Gasteiger partial charge is 0.348 e. The fraction of sp³-hybridized carbons (Fsp3) is 0.533. The van der Waals surface area contributed by atoms with Crippen molar-refractivity contribution in [2.45, 2.75) is 51.6 Å². The Hall–Kier alpha value is -1.29. The second-order valence-electron chi connectivity index (χ2n) is 5.25. The molecule has 1 aliphatic carbocycles. The van der Waals surface area contributed by atoms with Gasteiger partial charge in [0.15, 0.2) is 0 Å². The lowest BCUT2D eigenvalue weighted by Gasteiger charge is -2.23. The Morgan fingerprint density at radius 1 is 1.42 bits per heavy atom. The Morgan fingerprint density at radius 2 is 2.21 bits per heavy atom. The molecular formula is C15H20N2OS. The molecule has 4 heteroatoms. The zero-order valence-corrected chi connectivity index (χ0v) is 12.1. The maximum absolute atomic E-state index is 12.4. The quantitative estimate of drug-likeness (QED) is 0.909. The van der Waals surface area contributed by atoms with Gasteiger partial charge in [0.2, 0.25) is 0 Å². The van der Waals surface area contributed by atoms with Crippen LogP contribution in [0.25, 0.3) is 10.2 Å². The molecule has 102 valence electrons. The highest BCUT2D eigenvalue weighted by molar-refractivity contribution is 7.17. The Labute approximate surface area is 117 Å². The summed E-state index contributed by atoms with van der Waals surface area (Å²) in [6, 6.07) is 4.50. The van der Waals surface area contributed by atoms with E-state index in [9.17, 15) is 4.79 Å². The van der Waals surface area contributed by atoms with Gasteiger partial charge in [0.05, 0.1) is 10.2 Å². The minimum Gasteiger partial charge on any atom is -0.348 e. The zero-order valence-electron chi connectivity index (χ0n) is 11.3. The first-order chi connectivity index (χ1) is 9.29. The van der Waals surface area contributed by atoms with Gasteiger partial charge in [-0.05, 0) is 37.3 Å². The number of hydrogen-bond donors (Lipinski definition) is 1. The molecule has 0 saturated heterocycles. The van der Waals surface area contributed by atoms with Crippen LogP contribution in [0.5, 0.6) is 0 Å². The number of amides is 1. The van der Waals surface area contributed by atoms with Gasteiger partial charge in [0.1, 0.15) is 5.69 Å². The van der Waals surface area contributed by atoms with Crippen LogP contribution in [0.1, 0.15) is 49.5 Å². The summed E-state index contributed by atoms with van der Waals surface area (Å²) in [4.78, 5) is 12.4. The monoisotopic (exact) mass is 276 g/mol. The van der Waals surface area contributed by atoms with Gasteiger partial charge in [0, 0.05) is 12.6 Å². The maximum Gasteiger partial charge on any atom is 0.268 e. The van der Waals surface area contributed by atoms with E-state index < -0.39 is 0 Å². The third-order valence-corrected chi connectivity index (χ3v) is 4.87. The molecular weight excluding hydrogens is 256 g/mol. The van der Waals surface area contributed by atoms with Gasteiger partial charge in [-0.1, -0.05) is 19.3 Å². The molecule has 1 aliphatic rings. The molecule has 3 rings (SSSR count). The van der Waals surface area contributed by atoms with Gasteiger partial charge in [-0.3, -0.25) is 4.79 Å². The molecule has 1 N–H and O–H groups in total. The molecule has 0 unspecified atom stereocenters. The van der Waals surface area contributed by atoms with Crippen LogP contribution in [0.3, 0.4) is 0 Å². The summed E-state index contributed by atoms with van der Waals surface area (Å²) in [5.74, 6) is 0.0946. The van der Waals surface area contributed by atoms with Crippen LogP contribution >= 0.6 is 11.3 Å². The molecule has 3 nitrogen and oxygen atoms in total. The molecule has 1 fully saturated rings. The molecule has 0 aromatic carbocycles. The van der Waals surface area contributed by atoms with Gasteiger partial charge in [-0.25, -0.2) is 0 Å². The first-order valence-corrected chi connectivity index (χ1v) is 8.05. The van der Waals surface area contributed by atoms with Crippen molar-refractivity contribution in [3.63, 3.8) is 0 Å². The van der Waals surface area contributed by atoms with E-state index in [0.29, 0.717) is 6.04 Å². The van der Waals surface area contributed by atoms with Crippen molar-refractivity contribution in [3.05, 3.63) is 23.2 Å². The van der Waals surface area contributed by atoms with Crippen LogP contribution in [0, 0.1) is 0 Å². The van der Waals surface area contributed by atoms with Crippen LogP contribution in [-0.2, 0) is 6.54 Å². The highest BCUT2D eigenvalue weighted by Crippen LogP contribution is 2.25. The molecule has 0 atom stereocenters. The molecule has 0 bridgehead atoms. The van der Waals surface area contributed by atoms with Crippen molar-refractivity contribution >= 4 is 27.5 Å². The number of carbonyl (C=O) groups excluding carboxylic acids is 1. The average Bonchev–Trinajstić information content (AvgIpc) is 2.99. The lowest BCUT2D eigenvalue weighted by molar-refractivity contribution is 0.0919. The summed E-state index contributed by atoms with van der Waals surface area (Å²) in [7, 11) is 0. The van der Waals surface area contributed by atoms with Gasteiger partial charge in [-0.15, -0.1) is 11.3 Å². The number of fused-ring (bicyclic) bond motifs is 1. The number of rotatable bonds is 3. The van der Waals surface area contributed by atoms with Crippen molar-refractivity contribution in [1.82, 2.24) is 9.88 Å². The van der Waals surface area contributed by atoms with E-state index in [-0.39, 0.29) is 5.91 Å². The maximum atomic E-state index is 12.4. The van der Waals surface area contributed by atoms with Crippen LogP contribution in [0.4, 0.5) is 0 Å². The zero-order chi connectivity index (χ0) is 13.2. The van der Waals surface area contributed by atoms with Crippen molar-refractivity contribution in [2.24, 2.45) is 0 Å². The Balaban J connectivity index is 1.82. The average molecular weight is 276 g/mol. The van der Waals surface area contributed by atoms with E-state index in [2.05, 4.69) is 28.3 Å². The van der Waals surface area contributed by atoms with Crippen molar-refractivity contribution in [3.8, 4) is 0 Å². The van der Waals surface area contributed by atoms with Crippen molar-refractivity contribution in [1.29, 1.82) is 0 Å². The standard InChI is InChI=1S/C15H20N2OS/c1-2-17-12-8-9-19-14(12)10-13(17)15(18)16-11-6-4-3-5-7-11/h8-11H,2-7H2,1H3,(H,16,18). The number of nitrogens with zero attached hydrogens (tertiary/aromatic N) is 1. The number of aromatic nitrogens is 1. The third-order valence-electron chi connectivity index (χ3n) is 4.01. The minimum absolute atomic E-state index is 0.0946. The molecule has 0 aliphatic heterocycles. The fourth-order valence-corrected chi connectivity index (χ4v) is 3.83. The van der Waals surface area contributed by atoms with E-state index in [1.54, 1.807) is 11.3 Å². The van der Waals surface area contributed by atoms with Gasteiger partial charge < -0.3 is 9.88 Å². The lowest BCUT2D eigenvalue weighted by atomic mass is 9.95. The summed E-state index contributed by atoms with van der Waals surface area (Å²) >= 11 is 1.70. The molecule has 2 aromatic heterocycles. The lowest BCUT2D eigenvalue weighted by Crippen LogP contribution is -2.37. The summed E-state index contributed by atoms with van der Waals surface area (Å²) in [6.07, 6.45) is 6.07. The van der Waals surface area contributed by atoms with Gasteiger partial charge >= 0.3 is 0 Å². The Kier molecular flexibility index (Phi) is 3.60. The summed E-state index contributed by atoms with van der Waals surface area (Å²) in [5.41, 5.74) is 2.00. The van der Waals surface area contributed by atoms with Crippen LogP contribution < -0.4 is 5.32 Å². The first-order valence-electron chi connectivity index (χ1n) is 7.17. The first kappa shape index (κ1) is 12.7. The predicted molar refractivity (Wildman–Crippen MR) is 79.8 cm³/mol. The molecule has 2 heterocycles. The highest BCUT2D eigenvalue weighted by Gasteiger charge is 2.20. The fourth-order valence-electron chi connectivity index (χ4n) is 3.01. The number of aryl methyl sites for hydroxylation is 1. The van der Waals surface area contributed by atoms with Gasteiger partial charge in [0.25, 0.3) is 5.91 Å². The highest BCUT2D eigenvalue weighted by atomic mass is 32.1. The third kappa shape index (κ3) is 2.41. The van der Waals surface area contributed by atoms with Crippen molar-refractivity contribution < 1.29 is 4.79 Å². The molecule has 0 spiro atoms. The Morgan fingerprint density at radius 3 is 2.95 bits per heavy atom. The minimum atomic E-state index is 0.0946. The van der Waals surface area contributed by atoms with E-state index >= 15 is 0 Å². The molecule has 1 amide bonds. The molecule has 19 heavy (non-hydrogen) atoms. The SMILES string of the molecule is CCn1c(C(=O)NC2CCCCC2)cc2sccc21. The van der Waals surface area contributed by atoms with Gasteiger partial charge in [-0.2, -0.15) is 0 Å². The molecule has 1 saturated carbocycles. The normalized spacial score (nSPS) is 16.9. The van der Waals surface area contributed by atoms with Crippen LogP contribution in [0.2, 0.25) is 0 Å². The summed E-state index contributed by atoms with van der Waals surface area (Å²) < 4.78 is 3.32. The molecule has 2 aromatic rings. The summed E-state index contributed by atoms with van der Waals surface area (Å²) in [5, 5.41) is 5.29. The number of thiophene rings is 1. The second-order valence-corrected chi connectivity index (χ2v) is 6.20. The number of nitrogens with one attached hydrogen (secondary N) is 1. The van der Waals surface area contributed by atoms with E-state index in [0.717, 1.165) is 25.1 Å². The molecule has 0 radical (unpaired) electrons. The van der Waals surface area contributed by atoms with E-state index in [1.165, 1.54) is 29.5 Å². The van der Waals surface area contributed by atoms with E-state index in [4.69, 9.17) is 0 Å². The predicted octanol–water partition coefficient (Wildman–Crippen LogP) is 3.79. The van der Waals surface area contributed by atoms with Crippen LogP contribution in [0.15, 0.2) is 17.5 Å². The second kappa shape index (κ2) is 5.37. The summed E-state index contributed by atoms with van der Waals surface area (Å²) in [6.45, 7) is 2.93. The number of hydrogen-bond acceptors (Lipinski definition) is 2. The van der Waals surface area contributed by atoms with Crippen molar-refractivity contribution in [2.75, 3.05) is 0 Å². The van der Waals surface area contributed by atoms with E-state index in [1.807, 2.05) is 6.07 Å². The topological polar surface area (TPSA) is 34.0 Å². The Bertz CT molecular complexity index is 578. The number of carbonyl (C=O) groups is 1.